The number of hydrogen-bond donors (Lipinski definition) is 2. The molecule has 0 aliphatic rings. The van der Waals surface area contributed by atoms with Crippen LogP contribution in [0.1, 0.15) is 15.5 Å². The number of carbonyl (C=O) groups is 2. The molecule has 0 unspecified atom stereocenters. The lowest BCUT2D eigenvalue weighted by Gasteiger charge is -2.11. The van der Waals surface area contributed by atoms with Gasteiger partial charge < -0.3 is 15.4 Å². The van der Waals surface area contributed by atoms with Crippen LogP contribution < -0.4 is 15.4 Å². The lowest BCUT2D eigenvalue weighted by atomic mass is 10.3. The van der Waals surface area contributed by atoms with Gasteiger partial charge in [0.05, 0.1) is 24.3 Å². The second kappa shape index (κ2) is 11.3. The van der Waals surface area contributed by atoms with E-state index in [1.165, 1.54) is 23.1 Å². The number of anilines is 1. The number of rotatable bonds is 9. The fourth-order valence-electron chi connectivity index (χ4n) is 3.01. The fourth-order valence-corrected chi connectivity index (χ4v) is 4.69. The Kier molecular flexibility index (Phi) is 7.99. The van der Waals surface area contributed by atoms with Crippen molar-refractivity contribution < 1.29 is 14.3 Å². The zero-order chi connectivity index (χ0) is 23.9. The van der Waals surface area contributed by atoms with Crippen molar-refractivity contribution in [3.8, 4) is 11.4 Å². The van der Waals surface area contributed by atoms with Crippen LogP contribution in [0, 0.1) is 0 Å². The molecule has 2 aromatic carbocycles. The minimum atomic E-state index is -0.173. The molecule has 0 saturated carbocycles. The molecule has 0 spiro atoms. The summed E-state index contributed by atoms with van der Waals surface area (Å²) < 4.78 is 7.91. The Morgan fingerprint density at radius 3 is 2.53 bits per heavy atom. The van der Waals surface area contributed by atoms with Gasteiger partial charge >= 0.3 is 0 Å². The Balaban J connectivity index is 1.47. The SMILES string of the molecule is COc1ccc(NC(=O)CSc2nnc(CNC(=O)c3cccs3)n2-c2ccc(Br)cc2)cc1. The Labute approximate surface area is 212 Å². The summed E-state index contributed by atoms with van der Waals surface area (Å²) in [6.07, 6.45) is 0. The average molecular weight is 558 g/mol. The van der Waals surface area contributed by atoms with E-state index in [0.29, 0.717) is 27.3 Å². The highest BCUT2D eigenvalue weighted by Crippen LogP contribution is 2.24. The molecule has 2 amide bonds. The smallest absolute Gasteiger partial charge is 0.261 e. The summed E-state index contributed by atoms with van der Waals surface area (Å²) >= 11 is 6.08. The van der Waals surface area contributed by atoms with E-state index in [1.807, 2.05) is 40.3 Å². The van der Waals surface area contributed by atoms with Gasteiger partial charge in [-0.3, -0.25) is 14.2 Å². The Morgan fingerprint density at radius 2 is 1.85 bits per heavy atom. The zero-order valence-corrected chi connectivity index (χ0v) is 21.2. The molecule has 2 aromatic heterocycles. The van der Waals surface area contributed by atoms with Crippen LogP contribution in [0.15, 0.2) is 75.7 Å². The number of thiophene rings is 1. The maximum absolute atomic E-state index is 12.5. The molecular weight excluding hydrogens is 538 g/mol. The number of methoxy groups -OCH3 is 1. The van der Waals surface area contributed by atoms with E-state index in [1.54, 1.807) is 37.4 Å². The maximum atomic E-state index is 12.5. The van der Waals surface area contributed by atoms with Gasteiger partial charge in [-0.25, -0.2) is 0 Å². The van der Waals surface area contributed by atoms with Crippen molar-refractivity contribution in [3.05, 3.63) is 81.2 Å². The third kappa shape index (κ3) is 6.04. The first-order chi connectivity index (χ1) is 16.5. The lowest BCUT2D eigenvalue weighted by molar-refractivity contribution is -0.113. The summed E-state index contributed by atoms with van der Waals surface area (Å²) in [5.74, 6) is 1.07. The molecule has 0 radical (unpaired) electrons. The van der Waals surface area contributed by atoms with Crippen molar-refractivity contribution in [2.75, 3.05) is 18.2 Å². The second-order valence-corrected chi connectivity index (χ2v) is 9.74. The molecule has 0 saturated heterocycles. The average Bonchev–Trinajstić information content (AvgIpc) is 3.53. The summed E-state index contributed by atoms with van der Waals surface area (Å²) in [7, 11) is 1.59. The maximum Gasteiger partial charge on any atom is 0.261 e. The first-order valence-electron chi connectivity index (χ1n) is 10.1. The molecule has 4 rings (SSSR count). The van der Waals surface area contributed by atoms with Gasteiger partial charge in [-0.15, -0.1) is 21.5 Å². The van der Waals surface area contributed by atoms with Crippen molar-refractivity contribution in [3.63, 3.8) is 0 Å². The molecule has 0 aliphatic heterocycles. The van der Waals surface area contributed by atoms with Gasteiger partial charge in [0.2, 0.25) is 5.91 Å². The van der Waals surface area contributed by atoms with Crippen molar-refractivity contribution in [2.45, 2.75) is 11.7 Å². The van der Waals surface area contributed by atoms with Gasteiger partial charge in [0, 0.05) is 15.8 Å². The number of nitrogens with one attached hydrogen (secondary N) is 2. The molecule has 11 heteroatoms. The highest BCUT2D eigenvalue weighted by molar-refractivity contribution is 9.10. The molecule has 2 heterocycles. The molecule has 0 atom stereocenters. The summed E-state index contributed by atoms with van der Waals surface area (Å²) in [4.78, 5) is 25.5. The highest BCUT2D eigenvalue weighted by atomic mass is 79.9. The summed E-state index contributed by atoms with van der Waals surface area (Å²) in [6, 6.07) is 18.4. The fraction of sp³-hybridized carbons (Fsp3) is 0.130. The van der Waals surface area contributed by atoms with Crippen molar-refractivity contribution in [2.24, 2.45) is 0 Å². The van der Waals surface area contributed by atoms with Gasteiger partial charge in [0.25, 0.3) is 5.91 Å². The van der Waals surface area contributed by atoms with Crippen LogP contribution in [0.3, 0.4) is 0 Å². The minimum Gasteiger partial charge on any atom is -0.497 e. The van der Waals surface area contributed by atoms with E-state index in [4.69, 9.17) is 4.74 Å². The van der Waals surface area contributed by atoms with Gasteiger partial charge in [0.15, 0.2) is 11.0 Å². The molecule has 34 heavy (non-hydrogen) atoms. The summed E-state index contributed by atoms with van der Waals surface area (Å²) in [6.45, 7) is 0.193. The van der Waals surface area contributed by atoms with Crippen molar-refractivity contribution in [1.29, 1.82) is 0 Å². The number of amides is 2. The third-order valence-corrected chi connectivity index (χ3v) is 6.97. The third-order valence-electron chi connectivity index (χ3n) is 4.64. The number of thioether (sulfide) groups is 1. The van der Waals surface area contributed by atoms with Gasteiger partial charge in [-0.1, -0.05) is 33.8 Å². The molecule has 2 N–H and O–H groups in total. The van der Waals surface area contributed by atoms with Gasteiger partial charge in [-0.2, -0.15) is 0 Å². The number of ether oxygens (including phenoxy) is 1. The zero-order valence-electron chi connectivity index (χ0n) is 18.0. The number of aromatic nitrogens is 3. The molecule has 0 aliphatic carbocycles. The van der Waals surface area contributed by atoms with Crippen LogP contribution in [-0.2, 0) is 11.3 Å². The van der Waals surface area contributed by atoms with Gasteiger partial charge in [0.1, 0.15) is 5.75 Å². The van der Waals surface area contributed by atoms with E-state index in [0.717, 1.165) is 10.2 Å². The van der Waals surface area contributed by atoms with Crippen LogP contribution in [0.25, 0.3) is 5.69 Å². The monoisotopic (exact) mass is 557 g/mol. The van der Waals surface area contributed by atoms with Crippen molar-refractivity contribution in [1.82, 2.24) is 20.1 Å². The topological polar surface area (TPSA) is 98.1 Å². The first kappa shape index (κ1) is 24.0. The summed E-state index contributed by atoms with van der Waals surface area (Å²) in [5, 5.41) is 16.7. The van der Waals surface area contributed by atoms with E-state index < -0.39 is 0 Å². The molecule has 174 valence electrons. The van der Waals surface area contributed by atoms with E-state index in [9.17, 15) is 9.59 Å². The van der Waals surface area contributed by atoms with E-state index in [-0.39, 0.29) is 24.1 Å². The first-order valence-corrected chi connectivity index (χ1v) is 12.8. The minimum absolute atomic E-state index is 0.141. The molecule has 8 nitrogen and oxygen atoms in total. The predicted molar refractivity (Wildman–Crippen MR) is 137 cm³/mol. The second-order valence-electron chi connectivity index (χ2n) is 6.94. The number of nitrogens with zero attached hydrogens (tertiary/aromatic N) is 3. The highest BCUT2D eigenvalue weighted by Gasteiger charge is 2.17. The van der Waals surface area contributed by atoms with E-state index in [2.05, 4.69) is 36.8 Å². The normalized spacial score (nSPS) is 10.6. The standard InChI is InChI=1S/C23H20BrN5O3S2/c1-32-18-10-6-16(7-11-18)26-21(30)14-34-23-28-27-20(13-25-22(31)19-3-2-12-33-19)29(23)17-8-4-15(24)5-9-17/h2-12H,13-14H2,1H3,(H,25,31)(H,26,30). The van der Waals surface area contributed by atoms with Crippen LogP contribution in [0.2, 0.25) is 0 Å². The lowest BCUT2D eigenvalue weighted by Crippen LogP contribution is -2.24. The number of halogens is 1. The number of hydrogen-bond acceptors (Lipinski definition) is 7. The van der Waals surface area contributed by atoms with Crippen LogP contribution in [0.4, 0.5) is 5.69 Å². The van der Waals surface area contributed by atoms with E-state index >= 15 is 0 Å². The quantitative estimate of drug-likeness (QED) is 0.288. The number of carbonyl (C=O) groups excluding carboxylic acids is 2. The van der Waals surface area contributed by atoms with Crippen LogP contribution in [0.5, 0.6) is 5.75 Å². The largest absolute Gasteiger partial charge is 0.497 e. The molecule has 0 bridgehead atoms. The number of benzene rings is 2. The predicted octanol–water partition coefficient (Wildman–Crippen LogP) is 4.76. The van der Waals surface area contributed by atoms with Crippen LogP contribution >= 0.6 is 39.0 Å². The van der Waals surface area contributed by atoms with Gasteiger partial charge in [-0.05, 0) is 60.0 Å². The molecular formula is C23H20BrN5O3S2. The van der Waals surface area contributed by atoms with Crippen LogP contribution in [-0.4, -0.2) is 39.4 Å². The Morgan fingerprint density at radius 1 is 1.09 bits per heavy atom. The summed E-state index contributed by atoms with van der Waals surface area (Å²) in [5.41, 5.74) is 1.50. The Bertz CT molecular complexity index is 1260. The van der Waals surface area contributed by atoms with Crippen molar-refractivity contribution >= 4 is 56.5 Å². The molecule has 4 aromatic rings. The molecule has 0 fully saturated rings. The Hall–Kier alpha value is -3.15.